The molecular formula is C25H32N4O4. The number of benzene rings is 1. The standard InChI is InChI=1S/C25H32N4O4/c1-18(30)29-12-10-22(11-13-29)26-24(31)17-28(16-23-3-2-14-33-23)15-19-4-6-20(7-5-19)25(32)27-21-8-9-21/h2-7,14,21-22H,8-13,15-17H2,1H3,(H,26,31)(H,27,32). The maximum absolute atomic E-state index is 12.8. The van der Waals surface area contributed by atoms with Gasteiger partial charge in [-0.3, -0.25) is 19.3 Å². The molecule has 4 rings (SSSR count). The first-order valence-electron chi connectivity index (χ1n) is 11.7. The molecule has 8 nitrogen and oxygen atoms in total. The summed E-state index contributed by atoms with van der Waals surface area (Å²) < 4.78 is 5.50. The Balaban J connectivity index is 1.33. The molecular weight excluding hydrogens is 420 g/mol. The second kappa shape index (κ2) is 10.7. The van der Waals surface area contributed by atoms with Crippen molar-refractivity contribution < 1.29 is 18.8 Å². The lowest BCUT2D eigenvalue weighted by molar-refractivity contribution is -0.130. The van der Waals surface area contributed by atoms with E-state index < -0.39 is 0 Å². The monoisotopic (exact) mass is 452 g/mol. The van der Waals surface area contributed by atoms with Gasteiger partial charge in [-0.1, -0.05) is 12.1 Å². The second-order valence-electron chi connectivity index (χ2n) is 9.02. The van der Waals surface area contributed by atoms with Crippen molar-refractivity contribution in [1.29, 1.82) is 0 Å². The molecule has 2 aliphatic rings. The van der Waals surface area contributed by atoms with Gasteiger partial charge in [-0.25, -0.2) is 0 Å². The van der Waals surface area contributed by atoms with E-state index in [4.69, 9.17) is 4.42 Å². The molecule has 2 aromatic rings. The Morgan fingerprint density at radius 3 is 2.27 bits per heavy atom. The Labute approximate surface area is 194 Å². The summed E-state index contributed by atoms with van der Waals surface area (Å²) in [5.74, 6) is 0.799. The van der Waals surface area contributed by atoms with E-state index in [1.165, 1.54) is 0 Å². The van der Waals surface area contributed by atoms with E-state index >= 15 is 0 Å². The molecule has 0 unspecified atom stereocenters. The van der Waals surface area contributed by atoms with Gasteiger partial charge in [0.05, 0.1) is 19.4 Å². The van der Waals surface area contributed by atoms with Gasteiger partial charge in [0, 0.05) is 44.2 Å². The van der Waals surface area contributed by atoms with Crippen LogP contribution in [0.1, 0.15) is 54.3 Å². The van der Waals surface area contributed by atoms with Crippen LogP contribution in [0.2, 0.25) is 0 Å². The normalized spacial score (nSPS) is 16.6. The summed E-state index contributed by atoms with van der Waals surface area (Å²) in [5, 5.41) is 6.12. The number of hydrogen-bond donors (Lipinski definition) is 2. The summed E-state index contributed by atoms with van der Waals surface area (Å²) in [6.45, 7) is 4.23. The van der Waals surface area contributed by atoms with Gasteiger partial charge >= 0.3 is 0 Å². The first-order valence-corrected chi connectivity index (χ1v) is 11.7. The van der Waals surface area contributed by atoms with Crippen molar-refractivity contribution in [3.05, 3.63) is 59.5 Å². The SMILES string of the molecule is CC(=O)N1CCC(NC(=O)CN(Cc2ccc(C(=O)NC3CC3)cc2)Cc2ccco2)CC1. The fourth-order valence-corrected chi connectivity index (χ4v) is 4.12. The van der Waals surface area contributed by atoms with E-state index in [0.717, 1.165) is 37.0 Å². The van der Waals surface area contributed by atoms with E-state index in [-0.39, 0.29) is 30.3 Å². The van der Waals surface area contributed by atoms with Crippen LogP contribution in [0.4, 0.5) is 0 Å². The number of furan rings is 1. The largest absolute Gasteiger partial charge is 0.468 e. The topological polar surface area (TPSA) is 94.9 Å². The zero-order chi connectivity index (χ0) is 23.2. The number of piperidine rings is 1. The number of likely N-dealkylation sites (tertiary alicyclic amines) is 1. The molecule has 2 heterocycles. The molecule has 1 aromatic heterocycles. The molecule has 1 aromatic carbocycles. The van der Waals surface area contributed by atoms with Gasteiger partial charge in [-0.15, -0.1) is 0 Å². The molecule has 1 aliphatic carbocycles. The van der Waals surface area contributed by atoms with Crippen LogP contribution in [0.5, 0.6) is 0 Å². The minimum absolute atomic E-state index is 0.0355. The highest BCUT2D eigenvalue weighted by molar-refractivity contribution is 5.94. The van der Waals surface area contributed by atoms with Crippen molar-refractivity contribution in [2.24, 2.45) is 0 Å². The van der Waals surface area contributed by atoms with Gasteiger partial charge in [0.15, 0.2) is 0 Å². The lowest BCUT2D eigenvalue weighted by atomic mass is 10.0. The molecule has 1 saturated heterocycles. The Kier molecular flexibility index (Phi) is 7.44. The van der Waals surface area contributed by atoms with E-state index in [1.807, 2.05) is 46.2 Å². The predicted octanol–water partition coefficient (Wildman–Crippen LogP) is 2.30. The molecule has 0 spiro atoms. The number of amides is 3. The molecule has 0 bridgehead atoms. The van der Waals surface area contributed by atoms with Crippen LogP contribution in [0.25, 0.3) is 0 Å². The fraction of sp³-hybridized carbons (Fsp3) is 0.480. The Bertz CT molecular complexity index is 945. The third-order valence-corrected chi connectivity index (χ3v) is 6.17. The van der Waals surface area contributed by atoms with Crippen LogP contribution in [0.3, 0.4) is 0 Å². The van der Waals surface area contributed by atoms with Crippen molar-refractivity contribution in [3.8, 4) is 0 Å². The fourth-order valence-electron chi connectivity index (χ4n) is 4.12. The number of nitrogens with one attached hydrogen (secondary N) is 2. The summed E-state index contributed by atoms with van der Waals surface area (Å²) in [4.78, 5) is 40.4. The van der Waals surface area contributed by atoms with Gasteiger partial charge in [-0.05, 0) is 55.5 Å². The lowest BCUT2D eigenvalue weighted by Gasteiger charge is -2.32. The third-order valence-electron chi connectivity index (χ3n) is 6.17. The molecule has 1 aliphatic heterocycles. The van der Waals surface area contributed by atoms with Crippen molar-refractivity contribution in [1.82, 2.24) is 20.4 Å². The summed E-state index contributed by atoms with van der Waals surface area (Å²) in [6, 6.07) is 11.7. The van der Waals surface area contributed by atoms with Crippen LogP contribution in [-0.2, 0) is 22.7 Å². The van der Waals surface area contributed by atoms with Gasteiger partial charge in [0.25, 0.3) is 5.91 Å². The molecule has 2 N–H and O–H groups in total. The molecule has 8 heteroatoms. The predicted molar refractivity (Wildman–Crippen MR) is 123 cm³/mol. The third kappa shape index (κ3) is 6.92. The summed E-state index contributed by atoms with van der Waals surface area (Å²) in [5.41, 5.74) is 1.67. The number of nitrogens with zero attached hydrogens (tertiary/aromatic N) is 2. The molecule has 0 atom stereocenters. The van der Waals surface area contributed by atoms with E-state index in [9.17, 15) is 14.4 Å². The average molecular weight is 453 g/mol. The minimum atomic E-state index is -0.0386. The molecule has 1 saturated carbocycles. The van der Waals surface area contributed by atoms with Crippen LogP contribution in [0.15, 0.2) is 47.1 Å². The highest BCUT2D eigenvalue weighted by Gasteiger charge is 2.24. The first kappa shape index (κ1) is 23.0. The van der Waals surface area contributed by atoms with Gasteiger partial charge in [-0.2, -0.15) is 0 Å². The molecule has 3 amide bonds. The van der Waals surface area contributed by atoms with Crippen molar-refractivity contribution in [2.75, 3.05) is 19.6 Å². The van der Waals surface area contributed by atoms with Crippen molar-refractivity contribution in [2.45, 2.75) is 57.8 Å². The van der Waals surface area contributed by atoms with E-state index in [1.54, 1.807) is 13.2 Å². The van der Waals surface area contributed by atoms with Crippen molar-refractivity contribution >= 4 is 17.7 Å². The molecule has 33 heavy (non-hydrogen) atoms. The molecule has 2 fully saturated rings. The quantitative estimate of drug-likeness (QED) is 0.609. The Hall–Kier alpha value is -3.13. The van der Waals surface area contributed by atoms with Crippen molar-refractivity contribution in [3.63, 3.8) is 0 Å². The maximum atomic E-state index is 12.8. The Morgan fingerprint density at radius 1 is 0.970 bits per heavy atom. The number of rotatable bonds is 9. The average Bonchev–Trinajstić information content (AvgIpc) is 3.46. The second-order valence-corrected chi connectivity index (χ2v) is 9.02. The zero-order valence-corrected chi connectivity index (χ0v) is 19.1. The smallest absolute Gasteiger partial charge is 0.251 e. The van der Waals surface area contributed by atoms with E-state index in [0.29, 0.717) is 37.8 Å². The van der Waals surface area contributed by atoms with Gasteiger partial charge in [0.2, 0.25) is 11.8 Å². The molecule has 0 radical (unpaired) electrons. The maximum Gasteiger partial charge on any atom is 0.251 e. The van der Waals surface area contributed by atoms with Gasteiger partial charge in [0.1, 0.15) is 5.76 Å². The number of hydrogen-bond acceptors (Lipinski definition) is 5. The van der Waals surface area contributed by atoms with Crippen LogP contribution in [0, 0.1) is 0 Å². The minimum Gasteiger partial charge on any atom is -0.468 e. The van der Waals surface area contributed by atoms with Crippen LogP contribution < -0.4 is 10.6 Å². The summed E-state index contributed by atoms with van der Waals surface area (Å²) in [7, 11) is 0. The highest BCUT2D eigenvalue weighted by atomic mass is 16.3. The summed E-state index contributed by atoms with van der Waals surface area (Å²) in [6.07, 6.45) is 5.29. The lowest BCUT2D eigenvalue weighted by Crippen LogP contribution is -2.48. The zero-order valence-electron chi connectivity index (χ0n) is 19.1. The summed E-state index contributed by atoms with van der Waals surface area (Å²) >= 11 is 0. The highest BCUT2D eigenvalue weighted by Crippen LogP contribution is 2.19. The molecule has 176 valence electrons. The number of carbonyl (C=O) groups excluding carboxylic acids is 3. The van der Waals surface area contributed by atoms with Gasteiger partial charge < -0.3 is 20.0 Å². The van der Waals surface area contributed by atoms with E-state index in [2.05, 4.69) is 10.6 Å². The first-order chi connectivity index (χ1) is 16.0. The Morgan fingerprint density at radius 2 is 1.67 bits per heavy atom. The number of carbonyl (C=O) groups is 3. The van der Waals surface area contributed by atoms with Crippen LogP contribution in [-0.4, -0.2) is 59.2 Å². The van der Waals surface area contributed by atoms with Crippen LogP contribution >= 0.6 is 0 Å².